The number of ether oxygens (including phenoxy) is 1. The molecule has 1 heterocycles. The molecule has 4 amide bonds. The number of hydrogen-bond donors (Lipinski definition) is 6. The summed E-state index contributed by atoms with van der Waals surface area (Å²) < 4.78 is 37.6. The SMILES string of the molecule is CC(C)C[C@H](NC(=O)OC(C)(C)C)C(=O)NNC(=O)c1ccc(CNC(=O)c2ccc(N/N=C/c3ccccc3S(=O)(=O)O)nc2)cc1. The molecule has 0 aliphatic heterocycles. The van der Waals surface area contributed by atoms with Crippen LogP contribution in [0.15, 0.2) is 76.9 Å². The van der Waals surface area contributed by atoms with Crippen molar-refractivity contribution in [1.82, 2.24) is 26.5 Å². The smallest absolute Gasteiger partial charge is 0.408 e. The van der Waals surface area contributed by atoms with E-state index in [4.69, 9.17) is 4.74 Å². The zero-order valence-corrected chi connectivity index (χ0v) is 27.9. The standard InChI is InChI=1S/C32H39N7O8S/c1-20(2)16-25(36-31(43)47-32(3,4)5)30(42)39-38-29(41)22-12-10-21(11-13-22)17-34-28(40)24-14-15-27(33-18-24)37-35-19-23-8-6-7-9-26(23)48(44,45)46/h6-15,18-20,25H,16-17H2,1-5H3,(H,33,37)(H,34,40)(H,36,43)(H,38,41)(H,39,42)(H,44,45,46)/b35-19+/t25-/m0/s1. The molecule has 0 saturated carbocycles. The first-order chi connectivity index (χ1) is 22.5. The molecule has 0 spiro atoms. The molecule has 16 heteroatoms. The molecule has 0 unspecified atom stereocenters. The van der Waals surface area contributed by atoms with Gasteiger partial charge in [0.1, 0.15) is 22.4 Å². The van der Waals surface area contributed by atoms with Crippen LogP contribution >= 0.6 is 0 Å². The van der Waals surface area contributed by atoms with Crippen LogP contribution in [0.1, 0.15) is 72.9 Å². The Kier molecular flexibility index (Phi) is 12.7. The zero-order chi connectivity index (χ0) is 35.5. The van der Waals surface area contributed by atoms with Crippen molar-refractivity contribution in [2.75, 3.05) is 5.43 Å². The van der Waals surface area contributed by atoms with Gasteiger partial charge in [0.15, 0.2) is 0 Å². The fourth-order valence-corrected chi connectivity index (χ4v) is 4.74. The van der Waals surface area contributed by atoms with E-state index in [9.17, 15) is 32.1 Å². The first kappa shape index (κ1) is 37.1. The molecule has 15 nitrogen and oxygen atoms in total. The summed E-state index contributed by atoms with van der Waals surface area (Å²) in [6.45, 7) is 9.07. The van der Waals surface area contributed by atoms with Crippen LogP contribution in [0.25, 0.3) is 0 Å². The predicted molar refractivity (Wildman–Crippen MR) is 178 cm³/mol. The second-order valence-electron chi connectivity index (χ2n) is 12.0. The molecule has 3 aromatic rings. The van der Waals surface area contributed by atoms with Gasteiger partial charge in [0, 0.05) is 23.9 Å². The Morgan fingerprint density at radius 2 is 1.60 bits per heavy atom. The molecule has 2 aromatic carbocycles. The van der Waals surface area contributed by atoms with E-state index in [0.717, 1.165) is 0 Å². The highest BCUT2D eigenvalue weighted by atomic mass is 32.2. The minimum Gasteiger partial charge on any atom is -0.444 e. The van der Waals surface area contributed by atoms with Crippen LogP contribution in [0.2, 0.25) is 0 Å². The Hall–Kier alpha value is -5.35. The normalized spacial score (nSPS) is 12.2. The quantitative estimate of drug-likeness (QED) is 0.0930. The van der Waals surface area contributed by atoms with Crippen LogP contribution in [-0.4, -0.2) is 59.6 Å². The number of nitrogens with zero attached hydrogens (tertiary/aromatic N) is 2. The Bertz CT molecular complexity index is 1740. The molecule has 0 saturated heterocycles. The lowest BCUT2D eigenvalue weighted by molar-refractivity contribution is -0.124. The number of carbonyl (C=O) groups excluding carboxylic acids is 4. The Labute approximate surface area is 278 Å². The van der Waals surface area contributed by atoms with Crippen LogP contribution in [-0.2, 0) is 26.2 Å². The van der Waals surface area contributed by atoms with Crippen molar-refractivity contribution in [3.63, 3.8) is 0 Å². The highest BCUT2D eigenvalue weighted by Gasteiger charge is 2.25. The zero-order valence-electron chi connectivity index (χ0n) is 27.1. The number of pyridine rings is 1. The number of anilines is 1. The van der Waals surface area contributed by atoms with Gasteiger partial charge >= 0.3 is 6.09 Å². The highest BCUT2D eigenvalue weighted by molar-refractivity contribution is 7.86. The topological polar surface area (TPSA) is 217 Å². The molecule has 0 fully saturated rings. The van der Waals surface area contributed by atoms with Gasteiger partial charge in [0.25, 0.3) is 27.8 Å². The minimum absolute atomic E-state index is 0.0748. The summed E-state index contributed by atoms with van der Waals surface area (Å²) in [6.07, 6.45) is 2.12. The number of carbonyl (C=O) groups is 4. The maximum Gasteiger partial charge on any atom is 0.408 e. The van der Waals surface area contributed by atoms with Crippen molar-refractivity contribution >= 4 is 46.0 Å². The Morgan fingerprint density at radius 1 is 0.938 bits per heavy atom. The fraction of sp³-hybridized carbons (Fsp3) is 0.312. The summed E-state index contributed by atoms with van der Waals surface area (Å²) >= 11 is 0. The highest BCUT2D eigenvalue weighted by Crippen LogP contribution is 2.14. The molecule has 0 radical (unpaired) electrons. The van der Waals surface area contributed by atoms with Crippen LogP contribution in [0.3, 0.4) is 0 Å². The van der Waals surface area contributed by atoms with Crippen LogP contribution in [0.5, 0.6) is 0 Å². The van der Waals surface area contributed by atoms with E-state index in [1.165, 1.54) is 54.9 Å². The van der Waals surface area contributed by atoms with Gasteiger partial charge in [0.2, 0.25) is 0 Å². The predicted octanol–water partition coefficient (Wildman–Crippen LogP) is 3.40. The third-order valence-corrected chi connectivity index (χ3v) is 7.22. The number of hydrazine groups is 1. The van der Waals surface area contributed by atoms with Crippen molar-refractivity contribution < 1.29 is 36.9 Å². The van der Waals surface area contributed by atoms with E-state index in [-0.39, 0.29) is 39.9 Å². The maximum atomic E-state index is 12.7. The lowest BCUT2D eigenvalue weighted by Crippen LogP contribution is -2.53. The molecule has 6 N–H and O–H groups in total. The third-order valence-electron chi connectivity index (χ3n) is 6.29. The van der Waals surface area contributed by atoms with Gasteiger partial charge in [-0.1, -0.05) is 44.2 Å². The second-order valence-corrected chi connectivity index (χ2v) is 13.4. The summed E-state index contributed by atoms with van der Waals surface area (Å²) in [6, 6.07) is 14.2. The molecule has 3 rings (SSSR count). The molecular weight excluding hydrogens is 642 g/mol. The van der Waals surface area contributed by atoms with E-state index in [1.807, 2.05) is 13.8 Å². The lowest BCUT2D eigenvalue weighted by atomic mass is 10.0. The number of amides is 4. The number of alkyl carbamates (subject to hydrolysis) is 1. The lowest BCUT2D eigenvalue weighted by Gasteiger charge is -2.24. The van der Waals surface area contributed by atoms with Crippen LogP contribution in [0, 0.1) is 5.92 Å². The van der Waals surface area contributed by atoms with Gasteiger partial charge in [-0.05, 0) is 69.0 Å². The number of benzene rings is 2. The molecule has 48 heavy (non-hydrogen) atoms. The Balaban J connectivity index is 1.48. The molecule has 1 aromatic heterocycles. The average Bonchev–Trinajstić information content (AvgIpc) is 3.01. The molecule has 0 aliphatic carbocycles. The van der Waals surface area contributed by atoms with Gasteiger partial charge in [-0.3, -0.25) is 35.2 Å². The first-order valence-electron chi connectivity index (χ1n) is 14.8. The third kappa shape index (κ3) is 12.1. The molecule has 0 bridgehead atoms. The van der Waals surface area contributed by atoms with E-state index in [1.54, 1.807) is 39.0 Å². The van der Waals surface area contributed by atoms with E-state index in [0.29, 0.717) is 12.0 Å². The van der Waals surface area contributed by atoms with Crippen LogP contribution in [0.4, 0.5) is 10.6 Å². The van der Waals surface area contributed by atoms with Gasteiger partial charge < -0.3 is 15.4 Å². The van der Waals surface area contributed by atoms with E-state index >= 15 is 0 Å². The molecular formula is C32H39N7O8S. The van der Waals surface area contributed by atoms with Crippen molar-refractivity contribution in [2.45, 2.75) is 64.1 Å². The van der Waals surface area contributed by atoms with E-state index < -0.39 is 45.6 Å². The fourth-order valence-electron chi connectivity index (χ4n) is 4.07. The summed E-state index contributed by atoms with van der Waals surface area (Å²) in [7, 11) is -4.42. The Morgan fingerprint density at radius 3 is 2.21 bits per heavy atom. The molecule has 1 atom stereocenters. The molecule has 0 aliphatic rings. The largest absolute Gasteiger partial charge is 0.444 e. The maximum absolute atomic E-state index is 12.7. The van der Waals surface area contributed by atoms with Crippen molar-refractivity contribution in [3.8, 4) is 0 Å². The monoisotopic (exact) mass is 681 g/mol. The van der Waals surface area contributed by atoms with Gasteiger partial charge in [-0.15, -0.1) is 0 Å². The average molecular weight is 682 g/mol. The summed E-state index contributed by atoms with van der Waals surface area (Å²) in [5.41, 5.74) is 7.97. The molecule has 256 valence electrons. The summed E-state index contributed by atoms with van der Waals surface area (Å²) in [4.78, 5) is 54.0. The van der Waals surface area contributed by atoms with Gasteiger partial charge in [-0.2, -0.15) is 13.5 Å². The number of nitrogens with one attached hydrogen (secondary N) is 5. The van der Waals surface area contributed by atoms with Crippen molar-refractivity contribution in [1.29, 1.82) is 0 Å². The first-order valence-corrected chi connectivity index (χ1v) is 16.2. The second kappa shape index (κ2) is 16.5. The number of rotatable bonds is 12. The van der Waals surface area contributed by atoms with Gasteiger partial charge in [0.05, 0.1) is 11.8 Å². The van der Waals surface area contributed by atoms with Gasteiger partial charge in [-0.25, -0.2) is 9.78 Å². The summed E-state index contributed by atoms with van der Waals surface area (Å²) in [5, 5.41) is 9.22. The van der Waals surface area contributed by atoms with Crippen molar-refractivity contribution in [2.24, 2.45) is 11.0 Å². The number of aromatic nitrogens is 1. The van der Waals surface area contributed by atoms with E-state index in [2.05, 4.69) is 37.0 Å². The van der Waals surface area contributed by atoms with Crippen LogP contribution < -0.4 is 26.9 Å². The number of hydrazone groups is 1. The number of hydrogen-bond acceptors (Lipinski definition) is 10. The van der Waals surface area contributed by atoms with Crippen molar-refractivity contribution in [3.05, 3.63) is 89.1 Å². The minimum atomic E-state index is -4.42. The summed E-state index contributed by atoms with van der Waals surface area (Å²) in [5.74, 6) is -1.22.